The summed E-state index contributed by atoms with van der Waals surface area (Å²) in [5.74, 6) is 1.02. The van der Waals surface area contributed by atoms with Gasteiger partial charge in [0.2, 0.25) is 0 Å². The van der Waals surface area contributed by atoms with Crippen LogP contribution in [-0.2, 0) is 4.74 Å². The fourth-order valence-corrected chi connectivity index (χ4v) is 3.93. The lowest BCUT2D eigenvalue weighted by atomic mass is 10.0. The van der Waals surface area contributed by atoms with Gasteiger partial charge in [-0.15, -0.1) is 0 Å². The Morgan fingerprint density at radius 1 is 1.40 bits per heavy atom. The van der Waals surface area contributed by atoms with Gasteiger partial charge in [0.05, 0.1) is 30.6 Å². The summed E-state index contributed by atoms with van der Waals surface area (Å²) in [4.78, 5) is 32.8. The molecule has 1 aromatic heterocycles. The maximum Gasteiger partial charge on any atom is 0.265 e. The zero-order valence-corrected chi connectivity index (χ0v) is 19.2. The maximum absolute atomic E-state index is 12.9. The highest BCUT2D eigenvalue weighted by Gasteiger charge is 2.21. The zero-order valence-electron chi connectivity index (χ0n) is 17.6. The van der Waals surface area contributed by atoms with Crippen LogP contribution in [0.3, 0.4) is 0 Å². The smallest absolute Gasteiger partial charge is 0.265 e. The van der Waals surface area contributed by atoms with Crippen molar-refractivity contribution in [2.45, 2.75) is 45.6 Å². The number of morpholine rings is 1. The first kappa shape index (κ1) is 22.7. The van der Waals surface area contributed by atoms with E-state index in [9.17, 15) is 9.59 Å². The number of nitrogens with one attached hydrogen (secondary N) is 2. The molecular formula is C22H28BrN3O4. The van der Waals surface area contributed by atoms with Gasteiger partial charge in [0.25, 0.3) is 5.56 Å². The molecule has 0 radical (unpaired) electrons. The third-order valence-electron chi connectivity index (χ3n) is 4.87. The number of hydrogen-bond acceptors (Lipinski definition) is 6. The summed E-state index contributed by atoms with van der Waals surface area (Å²) >= 11 is 3.33. The van der Waals surface area contributed by atoms with Crippen LogP contribution in [0, 0.1) is 0 Å². The molecule has 0 amide bonds. The predicted octanol–water partition coefficient (Wildman–Crippen LogP) is 3.67. The van der Waals surface area contributed by atoms with Crippen molar-refractivity contribution in [2.75, 3.05) is 26.3 Å². The number of aromatic amines is 1. The average molecular weight is 478 g/mol. The molecule has 1 aliphatic rings. The van der Waals surface area contributed by atoms with Crippen LogP contribution in [0.4, 0.5) is 0 Å². The maximum atomic E-state index is 12.9. The van der Waals surface area contributed by atoms with Crippen LogP contribution in [0.2, 0.25) is 0 Å². The van der Waals surface area contributed by atoms with Crippen molar-refractivity contribution in [3.63, 3.8) is 0 Å². The Morgan fingerprint density at radius 2 is 2.20 bits per heavy atom. The van der Waals surface area contributed by atoms with E-state index in [4.69, 9.17) is 9.47 Å². The molecule has 7 nitrogen and oxygen atoms in total. The lowest BCUT2D eigenvalue weighted by molar-refractivity contribution is 0.0240. The zero-order chi connectivity index (χ0) is 21.7. The van der Waals surface area contributed by atoms with Crippen molar-refractivity contribution >= 4 is 21.7 Å². The van der Waals surface area contributed by atoms with Gasteiger partial charge in [-0.05, 0) is 46.5 Å². The van der Waals surface area contributed by atoms with Crippen LogP contribution >= 0.6 is 15.9 Å². The Bertz CT molecular complexity index is 952. The topological polar surface area (TPSA) is 93.3 Å². The molecule has 0 bridgehead atoms. The molecule has 2 aromatic rings. The second kappa shape index (κ2) is 10.3. The lowest BCUT2D eigenvalue weighted by Crippen LogP contribution is -2.39. The quantitative estimate of drug-likeness (QED) is 0.563. The molecule has 162 valence electrons. The van der Waals surface area contributed by atoms with Crippen LogP contribution < -0.4 is 15.6 Å². The molecule has 1 unspecified atom stereocenters. The van der Waals surface area contributed by atoms with Gasteiger partial charge in [-0.1, -0.05) is 20.8 Å². The predicted molar refractivity (Wildman–Crippen MR) is 119 cm³/mol. The van der Waals surface area contributed by atoms with Crippen LogP contribution in [-0.4, -0.2) is 48.2 Å². The van der Waals surface area contributed by atoms with Crippen LogP contribution in [0.5, 0.6) is 5.75 Å². The molecule has 0 spiro atoms. The van der Waals surface area contributed by atoms with E-state index in [1.54, 1.807) is 18.2 Å². The van der Waals surface area contributed by atoms with Crippen molar-refractivity contribution in [3.8, 4) is 17.1 Å². The number of ketones is 1. The molecule has 0 aliphatic carbocycles. The van der Waals surface area contributed by atoms with E-state index in [1.165, 1.54) is 0 Å². The summed E-state index contributed by atoms with van der Waals surface area (Å²) in [6, 6.07) is 5.28. The van der Waals surface area contributed by atoms with Gasteiger partial charge in [-0.25, -0.2) is 4.98 Å². The largest absolute Gasteiger partial charge is 0.493 e. The van der Waals surface area contributed by atoms with Gasteiger partial charge in [-0.2, -0.15) is 0 Å². The summed E-state index contributed by atoms with van der Waals surface area (Å²) < 4.78 is 12.0. The highest BCUT2D eigenvalue weighted by atomic mass is 79.9. The number of ether oxygens (including phenoxy) is 2. The molecule has 1 aliphatic heterocycles. The number of halogens is 1. The van der Waals surface area contributed by atoms with E-state index in [2.05, 4.69) is 31.2 Å². The minimum atomic E-state index is -0.261. The summed E-state index contributed by atoms with van der Waals surface area (Å²) in [5.41, 5.74) is 1.54. The summed E-state index contributed by atoms with van der Waals surface area (Å²) in [5, 5.41) is 3.24. The molecule has 2 N–H and O–H groups in total. The van der Waals surface area contributed by atoms with Crippen molar-refractivity contribution in [3.05, 3.63) is 44.3 Å². The number of rotatable bonds is 8. The second-order valence-electron chi connectivity index (χ2n) is 7.65. The normalized spacial score (nSPS) is 16.6. The summed E-state index contributed by atoms with van der Waals surface area (Å²) in [6.45, 7) is 8.57. The number of hydrogen-bond donors (Lipinski definition) is 2. The Morgan fingerprint density at radius 3 is 2.87 bits per heavy atom. The first-order valence-corrected chi connectivity index (χ1v) is 11.1. The van der Waals surface area contributed by atoms with E-state index in [1.807, 2.05) is 20.8 Å². The van der Waals surface area contributed by atoms with Gasteiger partial charge >= 0.3 is 0 Å². The number of H-pyrrole nitrogens is 1. The lowest BCUT2D eigenvalue weighted by Gasteiger charge is -2.23. The van der Waals surface area contributed by atoms with Crippen LogP contribution in [0.15, 0.2) is 27.5 Å². The van der Waals surface area contributed by atoms with Crippen molar-refractivity contribution in [1.82, 2.24) is 15.3 Å². The third-order valence-corrected chi connectivity index (χ3v) is 5.64. The number of carbonyl (C=O) groups excluding carboxylic acids is 1. The minimum Gasteiger partial charge on any atom is -0.493 e. The summed E-state index contributed by atoms with van der Waals surface area (Å²) in [6.07, 6.45) is 1.00. The Balaban J connectivity index is 1.99. The number of Topliss-reactive ketones (excluding diaryl/α,β-unsaturated/α-hetero) is 1. The molecule has 0 saturated carbocycles. The minimum absolute atomic E-state index is 0.0180. The molecule has 1 aromatic carbocycles. The van der Waals surface area contributed by atoms with E-state index in [0.29, 0.717) is 59.0 Å². The standard InChI is InChI=1S/C22H28BrN3O4/c1-4-8-30-18-6-5-14(17(27)11-15-12-24-7-9-29-15)10-16(18)21-25-20(13(2)3)19(23)22(28)26-21/h5-6,10,13,15,24H,4,7-9,11-12H2,1-3H3,(H,25,26,28). The number of carbonyl (C=O) groups is 1. The van der Waals surface area contributed by atoms with E-state index in [-0.39, 0.29) is 23.4 Å². The van der Waals surface area contributed by atoms with E-state index >= 15 is 0 Å². The number of nitrogens with zero attached hydrogens (tertiary/aromatic N) is 1. The highest BCUT2D eigenvalue weighted by Crippen LogP contribution is 2.31. The fraction of sp³-hybridized carbons (Fsp3) is 0.500. The second-order valence-corrected chi connectivity index (χ2v) is 8.45. The molecule has 30 heavy (non-hydrogen) atoms. The van der Waals surface area contributed by atoms with Gasteiger partial charge in [0.15, 0.2) is 5.78 Å². The number of benzene rings is 1. The molecule has 3 rings (SSSR count). The molecule has 1 atom stereocenters. The van der Waals surface area contributed by atoms with Gasteiger partial charge in [0, 0.05) is 25.1 Å². The monoisotopic (exact) mass is 477 g/mol. The molecule has 1 saturated heterocycles. The Hall–Kier alpha value is -2.03. The Labute approximate surface area is 184 Å². The fourth-order valence-electron chi connectivity index (χ4n) is 3.29. The van der Waals surface area contributed by atoms with Crippen LogP contribution in [0.25, 0.3) is 11.4 Å². The van der Waals surface area contributed by atoms with Crippen molar-refractivity contribution in [1.29, 1.82) is 0 Å². The average Bonchev–Trinajstić information content (AvgIpc) is 2.74. The molecular weight excluding hydrogens is 450 g/mol. The number of aromatic nitrogens is 2. The third kappa shape index (κ3) is 5.36. The molecule has 1 fully saturated rings. The SMILES string of the molecule is CCCOc1ccc(C(=O)CC2CNCCO2)cc1-c1nc(C(C)C)c(Br)c(=O)[nH]1. The van der Waals surface area contributed by atoms with E-state index < -0.39 is 0 Å². The Kier molecular flexibility index (Phi) is 7.80. The molecule has 8 heteroatoms. The first-order chi connectivity index (χ1) is 14.4. The summed E-state index contributed by atoms with van der Waals surface area (Å²) in [7, 11) is 0. The highest BCUT2D eigenvalue weighted by molar-refractivity contribution is 9.10. The van der Waals surface area contributed by atoms with Gasteiger partial charge < -0.3 is 19.8 Å². The van der Waals surface area contributed by atoms with Crippen molar-refractivity contribution < 1.29 is 14.3 Å². The van der Waals surface area contributed by atoms with Crippen LogP contribution in [0.1, 0.15) is 55.6 Å². The first-order valence-electron chi connectivity index (χ1n) is 10.3. The van der Waals surface area contributed by atoms with Gasteiger partial charge in [-0.3, -0.25) is 9.59 Å². The van der Waals surface area contributed by atoms with Crippen molar-refractivity contribution in [2.24, 2.45) is 0 Å². The molecule has 2 heterocycles. The van der Waals surface area contributed by atoms with E-state index in [0.717, 1.165) is 13.0 Å². The van der Waals surface area contributed by atoms with Gasteiger partial charge in [0.1, 0.15) is 16.0 Å².